The number of piperazine rings is 1. The molecule has 1 heterocycles. The van der Waals surface area contributed by atoms with Crippen LogP contribution in [0.4, 0.5) is 11.4 Å². The number of nitrogens with zero attached hydrogens (tertiary/aromatic N) is 2. The largest absolute Gasteiger partial charge is 0.369 e. The number of benzene rings is 3. The van der Waals surface area contributed by atoms with Gasteiger partial charge in [0.05, 0.1) is 6.54 Å². The van der Waals surface area contributed by atoms with E-state index < -0.39 is 0 Å². The predicted octanol–water partition coefficient (Wildman–Crippen LogP) is 3.99. The number of anilines is 2. The maximum absolute atomic E-state index is 12.4. The van der Waals surface area contributed by atoms with Gasteiger partial charge < -0.3 is 15.5 Å². The smallest absolute Gasteiger partial charge is 0.251 e. The van der Waals surface area contributed by atoms with Crippen LogP contribution < -0.4 is 15.5 Å². The highest BCUT2D eigenvalue weighted by Crippen LogP contribution is 2.20. The number of hydrogen-bond donors (Lipinski definition) is 2. The molecule has 3 aromatic carbocycles. The van der Waals surface area contributed by atoms with Crippen LogP contribution in [-0.2, 0) is 11.3 Å². The molecule has 1 saturated heterocycles. The van der Waals surface area contributed by atoms with E-state index in [1.807, 2.05) is 56.3 Å². The van der Waals surface area contributed by atoms with Crippen LogP contribution in [0.3, 0.4) is 0 Å². The molecule has 1 aliphatic rings. The molecule has 2 N–H and O–H groups in total. The number of hydrogen-bond acceptors (Lipinski definition) is 4. The summed E-state index contributed by atoms with van der Waals surface area (Å²) in [5.41, 5.74) is 5.83. The maximum atomic E-state index is 12.4. The summed E-state index contributed by atoms with van der Waals surface area (Å²) in [7, 11) is 0. The average Bonchev–Trinajstić information content (AvgIpc) is 2.84. The van der Waals surface area contributed by atoms with Crippen molar-refractivity contribution in [2.75, 3.05) is 42.9 Å². The highest BCUT2D eigenvalue weighted by atomic mass is 16.2. The van der Waals surface area contributed by atoms with Gasteiger partial charge in [-0.3, -0.25) is 14.5 Å². The van der Waals surface area contributed by atoms with Crippen molar-refractivity contribution in [1.29, 1.82) is 0 Å². The van der Waals surface area contributed by atoms with E-state index in [1.165, 1.54) is 5.56 Å². The summed E-state index contributed by atoms with van der Waals surface area (Å²) in [5.74, 6) is -0.497. The summed E-state index contributed by atoms with van der Waals surface area (Å²) in [5, 5.41) is 5.55. The van der Waals surface area contributed by atoms with Crippen LogP contribution in [0.1, 0.15) is 27.0 Å². The Balaban J connectivity index is 1.23. The zero-order valence-corrected chi connectivity index (χ0v) is 19.9. The molecule has 176 valence electrons. The van der Waals surface area contributed by atoms with Crippen LogP contribution in [0.15, 0.2) is 72.8 Å². The minimum atomic E-state index is -0.250. The summed E-state index contributed by atoms with van der Waals surface area (Å²) in [6.07, 6.45) is 0. The van der Waals surface area contributed by atoms with Gasteiger partial charge in [0.2, 0.25) is 5.91 Å². The maximum Gasteiger partial charge on any atom is 0.251 e. The Morgan fingerprint density at radius 1 is 0.824 bits per heavy atom. The highest BCUT2D eigenvalue weighted by molar-refractivity contribution is 5.99. The van der Waals surface area contributed by atoms with Crippen molar-refractivity contribution in [2.45, 2.75) is 20.4 Å². The third-order valence-electron chi connectivity index (χ3n) is 6.03. The average molecular weight is 457 g/mol. The molecule has 0 aromatic heterocycles. The Labute approximate surface area is 201 Å². The Hall–Kier alpha value is -3.64. The monoisotopic (exact) mass is 456 g/mol. The lowest BCUT2D eigenvalue weighted by atomic mass is 10.1. The molecule has 0 spiro atoms. The lowest BCUT2D eigenvalue weighted by molar-refractivity contribution is -0.115. The zero-order valence-electron chi connectivity index (χ0n) is 19.9. The van der Waals surface area contributed by atoms with Crippen molar-refractivity contribution in [2.24, 2.45) is 0 Å². The van der Waals surface area contributed by atoms with Crippen LogP contribution in [0.25, 0.3) is 0 Å². The standard InChI is InChI=1S/C28H32N4O2/c1-21-16-22(2)18-24(17-21)28(34)29-19-27(33)30-25-8-10-26(11-9-25)32-14-12-31(13-15-32)20-23-6-4-3-5-7-23/h3-11,16-18H,12-15,19-20H2,1-2H3,(H,29,34)(H,30,33). The lowest BCUT2D eigenvalue weighted by Crippen LogP contribution is -2.45. The normalized spacial score (nSPS) is 14.0. The summed E-state index contributed by atoms with van der Waals surface area (Å²) in [6, 6.07) is 24.1. The number of carbonyl (C=O) groups is 2. The molecule has 4 rings (SSSR count). The topological polar surface area (TPSA) is 64.7 Å². The first-order chi connectivity index (χ1) is 16.5. The second kappa shape index (κ2) is 11.0. The first kappa shape index (κ1) is 23.5. The van der Waals surface area contributed by atoms with E-state index in [1.54, 1.807) is 0 Å². The van der Waals surface area contributed by atoms with E-state index in [0.29, 0.717) is 5.56 Å². The first-order valence-corrected chi connectivity index (χ1v) is 11.7. The molecule has 34 heavy (non-hydrogen) atoms. The molecular weight excluding hydrogens is 424 g/mol. The van der Waals surface area contributed by atoms with E-state index >= 15 is 0 Å². The molecule has 0 aliphatic carbocycles. The fourth-order valence-corrected chi connectivity index (χ4v) is 4.33. The van der Waals surface area contributed by atoms with Gasteiger partial charge in [0, 0.05) is 49.7 Å². The van der Waals surface area contributed by atoms with Crippen molar-refractivity contribution in [3.63, 3.8) is 0 Å². The quantitative estimate of drug-likeness (QED) is 0.564. The Bertz CT molecular complexity index is 1100. The lowest BCUT2D eigenvalue weighted by Gasteiger charge is -2.36. The number of rotatable bonds is 7. The molecule has 0 saturated carbocycles. The number of amides is 2. The third-order valence-corrected chi connectivity index (χ3v) is 6.03. The van der Waals surface area contributed by atoms with Crippen LogP contribution in [0, 0.1) is 13.8 Å². The van der Waals surface area contributed by atoms with Gasteiger partial charge >= 0.3 is 0 Å². The highest BCUT2D eigenvalue weighted by Gasteiger charge is 2.17. The van der Waals surface area contributed by atoms with Gasteiger partial charge in [-0.25, -0.2) is 0 Å². The number of carbonyl (C=O) groups excluding carboxylic acids is 2. The minimum Gasteiger partial charge on any atom is -0.369 e. The van der Waals surface area contributed by atoms with Crippen molar-refractivity contribution < 1.29 is 9.59 Å². The molecule has 0 atom stereocenters. The van der Waals surface area contributed by atoms with E-state index in [4.69, 9.17) is 0 Å². The predicted molar refractivity (Wildman–Crippen MR) is 137 cm³/mol. The second-order valence-electron chi connectivity index (χ2n) is 8.90. The van der Waals surface area contributed by atoms with Gasteiger partial charge in [-0.2, -0.15) is 0 Å². The van der Waals surface area contributed by atoms with E-state index in [9.17, 15) is 9.59 Å². The van der Waals surface area contributed by atoms with Gasteiger partial charge in [0.25, 0.3) is 5.91 Å². The van der Waals surface area contributed by atoms with Crippen LogP contribution in [0.2, 0.25) is 0 Å². The second-order valence-corrected chi connectivity index (χ2v) is 8.90. The minimum absolute atomic E-state index is 0.0725. The Kier molecular flexibility index (Phi) is 7.60. The molecule has 3 aromatic rings. The summed E-state index contributed by atoms with van der Waals surface area (Å²) >= 11 is 0. The van der Waals surface area contributed by atoms with Crippen LogP contribution in [-0.4, -0.2) is 49.4 Å². The molecule has 6 nitrogen and oxygen atoms in total. The van der Waals surface area contributed by atoms with Crippen molar-refractivity contribution in [3.05, 3.63) is 95.1 Å². The van der Waals surface area contributed by atoms with Gasteiger partial charge in [0.15, 0.2) is 0 Å². The first-order valence-electron chi connectivity index (χ1n) is 11.7. The number of nitrogens with one attached hydrogen (secondary N) is 2. The van der Waals surface area contributed by atoms with E-state index in [-0.39, 0.29) is 18.4 Å². The van der Waals surface area contributed by atoms with Gasteiger partial charge in [-0.1, -0.05) is 47.5 Å². The Morgan fingerprint density at radius 2 is 1.47 bits per heavy atom. The molecule has 6 heteroatoms. The summed E-state index contributed by atoms with van der Waals surface area (Å²) in [6.45, 7) is 8.80. The SMILES string of the molecule is Cc1cc(C)cc(C(=O)NCC(=O)Nc2ccc(N3CCN(Cc4ccccc4)CC3)cc2)c1. The van der Waals surface area contributed by atoms with Gasteiger partial charge in [-0.15, -0.1) is 0 Å². The molecule has 0 bridgehead atoms. The van der Waals surface area contributed by atoms with Crippen LogP contribution in [0.5, 0.6) is 0 Å². The van der Waals surface area contributed by atoms with Crippen molar-refractivity contribution >= 4 is 23.2 Å². The van der Waals surface area contributed by atoms with Crippen molar-refractivity contribution in [1.82, 2.24) is 10.2 Å². The van der Waals surface area contributed by atoms with Crippen LogP contribution >= 0.6 is 0 Å². The third kappa shape index (κ3) is 6.45. The Morgan fingerprint density at radius 3 is 2.12 bits per heavy atom. The number of aryl methyl sites for hydroxylation is 2. The molecule has 1 aliphatic heterocycles. The zero-order chi connectivity index (χ0) is 23.9. The van der Waals surface area contributed by atoms with Gasteiger partial charge in [-0.05, 0) is 55.8 Å². The van der Waals surface area contributed by atoms with E-state index in [0.717, 1.165) is 55.2 Å². The molecule has 0 unspecified atom stereocenters. The van der Waals surface area contributed by atoms with Gasteiger partial charge in [0.1, 0.15) is 0 Å². The summed E-state index contributed by atoms with van der Waals surface area (Å²) in [4.78, 5) is 29.5. The fourth-order valence-electron chi connectivity index (χ4n) is 4.33. The molecule has 0 radical (unpaired) electrons. The molecular formula is C28H32N4O2. The molecule has 2 amide bonds. The van der Waals surface area contributed by atoms with Crippen molar-refractivity contribution in [3.8, 4) is 0 Å². The summed E-state index contributed by atoms with van der Waals surface area (Å²) < 4.78 is 0. The fraction of sp³-hybridized carbons (Fsp3) is 0.286. The van der Waals surface area contributed by atoms with E-state index in [2.05, 4.69) is 50.8 Å². The molecule has 1 fully saturated rings.